The summed E-state index contributed by atoms with van der Waals surface area (Å²) in [6.45, 7) is 2.75. The third-order valence-electron chi connectivity index (χ3n) is 4.94. The van der Waals surface area contributed by atoms with Gasteiger partial charge in [0.05, 0.1) is 12.8 Å². The standard InChI is InChI=1S/C21H22N4O2/c1-27-18-6-4-15(5-7-18)13-25-10-8-17(14-25)21-23-19(11-20(26)24-21)16-3-2-9-22-12-16/h2-7,9,11-12,17H,8,10,13-14H2,1H3,(H,23,24,26)/t17-/m1/s1. The number of hydrogen-bond donors (Lipinski definition) is 1. The zero-order valence-corrected chi connectivity index (χ0v) is 15.3. The van der Waals surface area contributed by atoms with Crippen LogP contribution in [0, 0.1) is 0 Å². The first-order valence-electron chi connectivity index (χ1n) is 9.08. The van der Waals surface area contributed by atoms with Gasteiger partial charge in [0, 0.05) is 43.0 Å². The first kappa shape index (κ1) is 17.4. The lowest BCUT2D eigenvalue weighted by molar-refractivity contribution is 0.325. The molecule has 138 valence electrons. The summed E-state index contributed by atoms with van der Waals surface area (Å²) in [5.74, 6) is 1.86. The van der Waals surface area contributed by atoms with Gasteiger partial charge in [-0.05, 0) is 42.8 Å². The molecular weight excluding hydrogens is 340 g/mol. The lowest BCUT2D eigenvalue weighted by Gasteiger charge is -2.16. The van der Waals surface area contributed by atoms with Crippen molar-refractivity contribution in [3.63, 3.8) is 0 Å². The highest BCUT2D eigenvalue weighted by Crippen LogP contribution is 2.27. The molecule has 6 heteroatoms. The number of hydrogen-bond acceptors (Lipinski definition) is 5. The molecule has 1 atom stereocenters. The number of nitrogens with zero attached hydrogens (tertiary/aromatic N) is 3. The van der Waals surface area contributed by atoms with Crippen molar-refractivity contribution in [2.75, 3.05) is 20.2 Å². The molecule has 0 aliphatic carbocycles. The maximum atomic E-state index is 12.1. The Morgan fingerprint density at radius 2 is 2.11 bits per heavy atom. The number of ether oxygens (including phenoxy) is 1. The monoisotopic (exact) mass is 362 g/mol. The predicted molar refractivity (Wildman–Crippen MR) is 104 cm³/mol. The minimum absolute atomic E-state index is 0.118. The number of aromatic nitrogens is 3. The number of nitrogens with one attached hydrogen (secondary N) is 1. The van der Waals surface area contributed by atoms with Crippen molar-refractivity contribution >= 4 is 0 Å². The summed E-state index contributed by atoms with van der Waals surface area (Å²) in [4.78, 5) is 26.3. The quantitative estimate of drug-likeness (QED) is 0.756. The van der Waals surface area contributed by atoms with E-state index in [2.05, 4.69) is 27.0 Å². The summed E-state index contributed by atoms with van der Waals surface area (Å²) < 4.78 is 5.21. The molecule has 1 aliphatic rings. The fraction of sp³-hybridized carbons (Fsp3) is 0.286. The molecule has 1 N–H and O–H groups in total. The van der Waals surface area contributed by atoms with Crippen molar-refractivity contribution in [2.45, 2.75) is 18.9 Å². The number of aromatic amines is 1. The molecule has 1 fully saturated rings. The molecule has 0 spiro atoms. The molecule has 1 aromatic carbocycles. The van der Waals surface area contributed by atoms with Crippen LogP contribution in [0.25, 0.3) is 11.3 Å². The third kappa shape index (κ3) is 4.06. The van der Waals surface area contributed by atoms with E-state index in [0.29, 0.717) is 5.69 Å². The van der Waals surface area contributed by atoms with Crippen molar-refractivity contribution in [1.29, 1.82) is 0 Å². The van der Waals surface area contributed by atoms with E-state index >= 15 is 0 Å². The maximum Gasteiger partial charge on any atom is 0.251 e. The van der Waals surface area contributed by atoms with Gasteiger partial charge < -0.3 is 9.72 Å². The lowest BCUT2D eigenvalue weighted by Crippen LogP contribution is -2.21. The molecule has 3 aromatic rings. The van der Waals surface area contributed by atoms with Crippen molar-refractivity contribution in [2.24, 2.45) is 0 Å². The van der Waals surface area contributed by atoms with Crippen LogP contribution >= 0.6 is 0 Å². The molecule has 6 nitrogen and oxygen atoms in total. The molecule has 3 heterocycles. The Morgan fingerprint density at radius 1 is 1.26 bits per heavy atom. The van der Waals surface area contributed by atoms with E-state index in [1.165, 1.54) is 11.6 Å². The second-order valence-electron chi connectivity index (χ2n) is 6.83. The number of pyridine rings is 1. The Kier molecular flexibility index (Phi) is 4.98. The second-order valence-corrected chi connectivity index (χ2v) is 6.83. The molecule has 0 unspecified atom stereocenters. The Morgan fingerprint density at radius 3 is 2.85 bits per heavy atom. The molecular formula is C21H22N4O2. The zero-order chi connectivity index (χ0) is 18.6. The van der Waals surface area contributed by atoms with Gasteiger partial charge in [0.25, 0.3) is 5.56 Å². The van der Waals surface area contributed by atoms with Gasteiger partial charge in [0.2, 0.25) is 0 Å². The van der Waals surface area contributed by atoms with Gasteiger partial charge in [-0.3, -0.25) is 14.7 Å². The Bertz CT molecular complexity index is 954. The van der Waals surface area contributed by atoms with Crippen molar-refractivity contribution in [3.8, 4) is 17.0 Å². The first-order valence-corrected chi connectivity index (χ1v) is 9.08. The van der Waals surface area contributed by atoms with Gasteiger partial charge in [-0.25, -0.2) is 4.98 Å². The van der Waals surface area contributed by atoms with E-state index in [1.807, 2.05) is 24.3 Å². The van der Waals surface area contributed by atoms with Gasteiger partial charge in [-0.15, -0.1) is 0 Å². The maximum absolute atomic E-state index is 12.1. The molecule has 2 aromatic heterocycles. The number of methoxy groups -OCH3 is 1. The number of rotatable bonds is 5. The second kappa shape index (κ2) is 7.72. The molecule has 4 rings (SSSR count). The Hall–Kier alpha value is -2.99. The van der Waals surface area contributed by atoms with E-state index < -0.39 is 0 Å². The van der Waals surface area contributed by atoms with Gasteiger partial charge in [-0.1, -0.05) is 12.1 Å². The van der Waals surface area contributed by atoms with Crippen LogP contribution in [0.1, 0.15) is 23.7 Å². The third-order valence-corrected chi connectivity index (χ3v) is 4.94. The molecule has 1 aliphatic heterocycles. The highest BCUT2D eigenvalue weighted by atomic mass is 16.5. The molecule has 27 heavy (non-hydrogen) atoms. The van der Waals surface area contributed by atoms with E-state index in [-0.39, 0.29) is 11.5 Å². The van der Waals surface area contributed by atoms with Crippen LogP contribution in [0.3, 0.4) is 0 Å². The summed E-state index contributed by atoms with van der Waals surface area (Å²) >= 11 is 0. The van der Waals surface area contributed by atoms with Crippen molar-refractivity contribution < 1.29 is 4.74 Å². The van der Waals surface area contributed by atoms with E-state index in [4.69, 9.17) is 9.72 Å². The first-order chi connectivity index (χ1) is 13.2. The summed E-state index contributed by atoms with van der Waals surface area (Å²) in [6, 6.07) is 13.5. The van der Waals surface area contributed by atoms with Crippen LogP contribution in [0.5, 0.6) is 5.75 Å². The Labute approximate surface area is 157 Å². The van der Waals surface area contributed by atoms with Crippen LogP contribution in [0.2, 0.25) is 0 Å². The number of benzene rings is 1. The molecule has 1 saturated heterocycles. The molecule has 0 radical (unpaired) electrons. The average molecular weight is 362 g/mol. The van der Waals surface area contributed by atoms with E-state index in [1.54, 1.807) is 19.5 Å². The highest BCUT2D eigenvalue weighted by Gasteiger charge is 2.26. The molecule has 0 amide bonds. The van der Waals surface area contributed by atoms with Gasteiger partial charge >= 0.3 is 0 Å². The lowest BCUT2D eigenvalue weighted by atomic mass is 10.1. The van der Waals surface area contributed by atoms with E-state index in [0.717, 1.165) is 43.2 Å². The van der Waals surface area contributed by atoms with Crippen LogP contribution in [-0.4, -0.2) is 40.1 Å². The number of likely N-dealkylation sites (tertiary alicyclic amines) is 1. The topological polar surface area (TPSA) is 71.1 Å². The van der Waals surface area contributed by atoms with Crippen LogP contribution in [0.15, 0.2) is 59.7 Å². The minimum atomic E-state index is -0.118. The molecule has 0 saturated carbocycles. The predicted octanol–water partition coefficient (Wildman–Crippen LogP) is 2.83. The fourth-order valence-corrected chi connectivity index (χ4v) is 3.52. The van der Waals surface area contributed by atoms with Gasteiger partial charge in [0.15, 0.2) is 0 Å². The van der Waals surface area contributed by atoms with Gasteiger partial charge in [-0.2, -0.15) is 0 Å². The minimum Gasteiger partial charge on any atom is -0.497 e. The van der Waals surface area contributed by atoms with Crippen LogP contribution < -0.4 is 10.3 Å². The van der Waals surface area contributed by atoms with Crippen molar-refractivity contribution in [1.82, 2.24) is 19.9 Å². The summed E-state index contributed by atoms with van der Waals surface area (Å²) in [5.41, 5.74) is 2.67. The highest BCUT2D eigenvalue weighted by molar-refractivity contribution is 5.56. The zero-order valence-electron chi connectivity index (χ0n) is 15.3. The smallest absolute Gasteiger partial charge is 0.251 e. The fourth-order valence-electron chi connectivity index (χ4n) is 3.52. The molecule has 0 bridgehead atoms. The SMILES string of the molecule is COc1ccc(CN2CC[C@@H](c3nc(-c4cccnc4)cc(=O)[nH]3)C2)cc1. The average Bonchev–Trinajstić information content (AvgIpc) is 3.17. The van der Waals surface area contributed by atoms with Crippen LogP contribution in [-0.2, 0) is 6.54 Å². The largest absolute Gasteiger partial charge is 0.497 e. The number of H-pyrrole nitrogens is 1. The normalized spacial score (nSPS) is 17.1. The van der Waals surface area contributed by atoms with E-state index in [9.17, 15) is 4.79 Å². The summed E-state index contributed by atoms with van der Waals surface area (Å²) in [7, 11) is 1.67. The summed E-state index contributed by atoms with van der Waals surface area (Å²) in [6.07, 6.45) is 4.43. The van der Waals surface area contributed by atoms with Crippen LogP contribution in [0.4, 0.5) is 0 Å². The van der Waals surface area contributed by atoms with Gasteiger partial charge in [0.1, 0.15) is 11.6 Å². The van der Waals surface area contributed by atoms with Crippen molar-refractivity contribution in [3.05, 3.63) is 76.6 Å². The Balaban J connectivity index is 1.48. The summed E-state index contributed by atoms with van der Waals surface area (Å²) in [5, 5.41) is 0.